The third-order valence-electron chi connectivity index (χ3n) is 5.89. The largest absolute Gasteiger partial charge is 0.481 e. The van der Waals surface area contributed by atoms with Crippen molar-refractivity contribution in [1.82, 2.24) is 9.66 Å². The Morgan fingerprint density at radius 2 is 1.97 bits per heavy atom. The average Bonchev–Trinajstić information content (AvgIpc) is 2.86. The van der Waals surface area contributed by atoms with E-state index in [1.165, 1.54) is 17.0 Å². The van der Waals surface area contributed by atoms with Crippen LogP contribution in [0.1, 0.15) is 48.7 Å². The second-order valence-corrected chi connectivity index (χ2v) is 9.45. The summed E-state index contributed by atoms with van der Waals surface area (Å²) in [6.45, 7) is 6.10. The Morgan fingerprint density at radius 1 is 1.19 bits per heavy atom. The Hall–Kier alpha value is -3.85. The maximum absolute atomic E-state index is 13.4. The first-order valence-corrected chi connectivity index (χ1v) is 12.3. The van der Waals surface area contributed by atoms with Crippen LogP contribution in [0.5, 0.6) is 5.75 Å². The number of aryl methyl sites for hydroxylation is 1. The van der Waals surface area contributed by atoms with Gasteiger partial charge >= 0.3 is 5.69 Å². The summed E-state index contributed by atoms with van der Waals surface area (Å²) in [5.74, 6) is 0.564. The van der Waals surface area contributed by atoms with Crippen molar-refractivity contribution in [3.8, 4) is 5.75 Å². The number of halogens is 1. The van der Waals surface area contributed by atoms with E-state index in [1.54, 1.807) is 24.3 Å². The fraction of sp³-hybridized carbons (Fsp3) is 0.222. The topological polar surface area (TPSA) is 99.6 Å². The molecule has 0 saturated carbocycles. The molecule has 1 aromatic heterocycles. The van der Waals surface area contributed by atoms with E-state index in [9.17, 15) is 14.9 Å². The van der Waals surface area contributed by atoms with Gasteiger partial charge < -0.3 is 4.74 Å². The van der Waals surface area contributed by atoms with Crippen molar-refractivity contribution in [3.05, 3.63) is 108 Å². The third kappa shape index (κ3) is 5.36. The van der Waals surface area contributed by atoms with E-state index in [0.717, 1.165) is 22.0 Å². The molecule has 0 saturated heterocycles. The van der Waals surface area contributed by atoms with Gasteiger partial charge in [0.15, 0.2) is 0 Å². The summed E-state index contributed by atoms with van der Waals surface area (Å²) in [7, 11) is 0. The van der Waals surface area contributed by atoms with Gasteiger partial charge in [0, 0.05) is 22.0 Å². The van der Waals surface area contributed by atoms with Gasteiger partial charge in [-0.2, -0.15) is 9.78 Å². The highest BCUT2D eigenvalue weighted by Gasteiger charge is 2.20. The number of rotatable bonds is 8. The average molecular weight is 549 g/mol. The molecule has 9 heteroatoms. The molecule has 0 aliphatic rings. The first-order valence-electron chi connectivity index (χ1n) is 11.5. The summed E-state index contributed by atoms with van der Waals surface area (Å²) in [6.07, 6.45) is 2.17. The SMILES string of the molecule is CC[C@H](C)c1nc2ccc(Br)cc2c(=O)n1N=Cc1cccc([N+](=O)[O-])c1OCc1cccc(C)c1. The van der Waals surface area contributed by atoms with E-state index in [4.69, 9.17) is 9.72 Å². The summed E-state index contributed by atoms with van der Waals surface area (Å²) >= 11 is 3.41. The molecule has 184 valence electrons. The summed E-state index contributed by atoms with van der Waals surface area (Å²) < 4.78 is 7.96. The standard InChI is InChI=1S/C27H25BrN4O4/c1-4-18(3)26-30-23-12-11-21(28)14-22(23)27(33)31(26)29-15-20-9-6-10-24(32(34)35)25(20)36-16-19-8-5-7-17(2)13-19/h5-15,18H,4,16H2,1-3H3/t18-/m0/s1. The number of nitro groups is 1. The predicted molar refractivity (Wildman–Crippen MR) is 144 cm³/mol. The van der Waals surface area contributed by atoms with E-state index >= 15 is 0 Å². The maximum Gasteiger partial charge on any atom is 0.311 e. The molecule has 3 aromatic carbocycles. The van der Waals surface area contributed by atoms with E-state index in [2.05, 4.69) is 21.0 Å². The number of hydrogen-bond acceptors (Lipinski definition) is 6. The zero-order chi connectivity index (χ0) is 25.8. The molecule has 1 atom stereocenters. The monoisotopic (exact) mass is 548 g/mol. The van der Waals surface area contributed by atoms with Crippen LogP contribution in [0.2, 0.25) is 0 Å². The number of fused-ring (bicyclic) bond motifs is 1. The van der Waals surface area contributed by atoms with Crippen LogP contribution in [0.15, 0.2) is 75.0 Å². The molecular weight excluding hydrogens is 524 g/mol. The van der Waals surface area contributed by atoms with Gasteiger partial charge in [-0.1, -0.05) is 65.7 Å². The van der Waals surface area contributed by atoms with Gasteiger partial charge in [0.1, 0.15) is 12.4 Å². The van der Waals surface area contributed by atoms with Gasteiger partial charge in [-0.25, -0.2) is 4.98 Å². The van der Waals surface area contributed by atoms with E-state index in [0.29, 0.717) is 22.3 Å². The van der Waals surface area contributed by atoms with Gasteiger partial charge in [-0.3, -0.25) is 14.9 Å². The highest BCUT2D eigenvalue weighted by molar-refractivity contribution is 9.10. The molecule has 8 nitrogen and oxygen atoms in total. The highest BCUT2D eigenvalue weighted by atomic mass is 79.9. The lowest BCUT2D eigenvalue weighted by Gasteiger charge is -2.14. The molecule has 0 bridgehead atoms. The van der Waals surface area contributed by atoms with Crippen LogP contribution >= 0.6 is 15.9 Å². The summed E-state index contributed by atoms with van der Waals surface area (Å²) in [4.78, 5) is 29.3. The molecule has 0 aliphatic heterocycles. The van der Waals surface area contributed by atoms with Gasteiger partial charge in [0.25, 0.3) is 5.56 Å². The zero-order valence-electron chi connectivity index (χ0n) is 20.1. The first kappa shape index (κ1) is 25.2. The number of ether oxygens (including phenoxy) is 1. The zero-order valence-corrected chi connectivity index (χ0v) is 21.7. The molecule has 0 fully saturated rings. The van der Waals surface area contributed by atoms with E-state index in [-0.39, 0.29) is 29.5 Å². The smallest absolute Gasteiger partial charge is 0.311 e. The van der Waals surface area contributed by atoms with E-state index < -0.39 is 4.92 Å². The van der Waals surface area contributed by atoms with Gasteiger partial charge in [0.05, 0.1) is 22.0 Å². The molecule has 0 radical (unpaired) electrons. The lowest BCUT2D eigenvalue weighted by Crippen LogP contribution is -2.23. The number of hydrogen-bond donors (Lipinski definition) is 0. The minimum absolute atomic E-state index is 0.0370. The Labute approximate surface area is 216 Å². The van der Waals surface area contributed by atoms with Crippen LogP contribution in [-0.2, 0) is 6.61 Å². The number of aromatic nitrogens is 2. The summed E-state index contributed by atoms with van der Waals surface area (Å²) in [5, 5.41) is 16.6. The van der Waals surface area contributed by atoms with Crippen LogP contribution in [-0.4, -0.2) is 20.8 Å². The Bertz CT molecular complexity index is 1530. The molecule has 0 spiro atoms. The molecule has 0 N–H and O–H groups in total. The minimum atomic E-state index is -0.491. The van der Waals surface area contributed by atoms with Crippen molar-refractivity contribution in [2.45, 2.75) is 39.7 Å². The fourth-order valence-corrected chi connectivity index (χ4v) is 4.16. The van der Waals surface area contributed by atoms with Crippen molar-refractivity contribution >= 4 is 38.7 Å². The lowest BCUT2D eigenvalue weighted by molar-refractivity contribution is -0.385. The van der Waals surface area contributed by atoms with Crippen LogP contribution in [0.3, 0.4) is 0 Å². The number of para-hydroxylation sites is 1. The number of benzene rings is 3. The van der Waals surface area contributed by atoms with E-state index in [1.807, 2.05) is 51.1 Å². The molecule has 4 aromatic rings. The molecule has 4 rings (SSSR count). The normalized spacial score (nSPS) is 12.2. The number of nitrogens with zero attached hydrogens (tertiary/aromatic N) is 4. The highest BCUT2D eigenvalue weighted by Crippen LogP contribution is 2.31. The summed E-state index contributed by atoms with van der Waals surface area (Å²) in [5.41, 5.74) is 2.42. The minimum Gasteiger partial charge on any atom is -0.481 e. The van der Waals surface area contributed by atoms with Crippen LogP contribution < -0.4 is 10.3 Å². The summed E-state index contributed by atoms with van der Waals surface area (Å²) in [6, 6.07) is 17.7. The molecular formula is C27H25BrN4O4. The van der Waals surface area contributed by atoms with Crippen molar-refractivity contribution in [3.63, 3.8) is 0 Å². The molecule has 36 heavy (non-hydrogen) atoms. The van der Waals surface area contributed by atoms with Crippen molar-refractivity contribution in [2.24, 2.45) is 5.10 Å². The Balaban J connectivity index is 1.80. The molecule has 0 unspecified atom stereocenters. The van der Waals surface area contributed by atoms with Gasteiger partial charge in [0.2, 0.25) is 5.75 Å². The van der Waals surface area contributed by atoms with Crippen LogP contribution in [0, 0.1) is 17.0 Å². The second kappa shape index (κ2) is 10.8. The lowest BCUT2D eigenvalue weighted by atomic mass is 10.1. The van der Waals surface area contributed by atoms with Crippen molar-refractivity contribution in [2.75, 3.05) is 0 Å². The Kier molecular flexibility index (Phi) is 7.59. The Morgan fingerprint density at radius 3 is 2.69 bits per heavy atom. The quantitative estimate of drug-likeness (QED) is 0.145. The maximum atomic E-state index is 13.4. The van der Waals surface area contributed by atoms with Crippen LogP contribution in [0.25, 0.3) is 10.9 Å². The molecule has 0 aliphatic carbocycles. The van der Waals surface area contributed by atoms with Gasteiger partial charge in [-0.15, -0.1) is 0 Å². The molecule has 0 amide bonds. The second-order valence-electron chi connectivity index (χ2n) is 8.53. The van der Waals surface area contributed by atoms with Crippen molar-refractivity contribution in [1.29, 1.82) is 0 Å². The van der Waals surface area contributed by atoms with Crippen molar-refractivity contribution < 1.29 is 9.66 Å². The molecule has 1 heterocycles. The fourth-order valence-electron chi connectivity index (χ4n) is 3.80. The number of nitro benzene ring substituents is 1. The van der Waals surface area contributed by atoms with Crippen LogP contribution in [0.4, 0.5) is 5.69 Å². The van der Waals surface area contributed by atoms with Gasteiger partial charge in [-0.05, 0) is 43.2 Å². The third-order valence-corrected chi connectivity index (χ3v) is 6.38. The predicted octanol–water partition coefficient (Wildman–Crippen LogP) is 6.35. The first-order chi connectivity index (χ1) is 17.3.